The molecule has 174 valence electrons. The van der Waals surface area contributed by atoms with Crippen molar-refractivity contribution >= 4 is 51.5 Å². The number of benzene rings is 2. The highest BCUT2D eigenvalue weighted by Crippen LogP contribution is 2.40. The number of aryl methyl sites for hydroxylation is 1. The van der Waals surface area contributed by atoms with Crippen LogP contribution in [0.3, 0.4) is 0 Å². The van der Waals surface area contributed by atoms with Gasteiger partial charge in [-0.2, -0.15) is 13.2 Å². The van der Waals surface area contributed by atoms with Crippen LogP contribution in [0.5, 0.6) is 0 Å². The summed E-state index contributed by atoms with van der Waals surface area (Å²) in [7, 11) is 0. The molecule has 0 spiro atoms. The topological polar surface area (TPSA) is 64.0 Å². The van der Waals surface area contributed by atoms with Crippen molar-refractivity contribution in [3.63, 3.8) is 0 Å². The number of alkyl halides is 3. The Balaban J connectivity index is 1.91. The van der Waals surface area contributed by atoms with Crippen LogP contribution in [0.25, 0.3) is 10.9 Å². The van der Waals surface area contributed by atoms with Crippen molar-refractivity contribution in [3.8, 4) is 0 Å². The van der Waals surface area contributed by atoms with Gasteiger partial charge in [0.15, 0.2) is 0 Å². The molecule has 0 saturated heterocycles. The molecule has 10 heteroatoms. The SMILES string of the molecule is Cc1ccc2c(c1)c(C(=O)C(=O)Nc1cccnc1)c(C(F)(F)F)n2Cc1ccc(Cl)cc1Cl. The van der Waals surface area contributed by atoms with E-state index < -0.39 is 29.1 Å². The Hall–Kier alpha value is -3.36. The third-order valence-corrected chi connectivity index (χ3v) is 5.77. The van der Waals surface area contributed by atoms with Crippen molar-refractivity contribution in [1.82, 2.24) is 9.55 Å². The van der Waals surface area contributed by atoms with Gasteiger partial charge in [-0.3, -0.25) is 14.6 Å². The Morgan fingerprint density at radius 3 is 2.50 bits per heavy atom. The summed E-state index contributed by atoms with van der Waals surface area (Å²) in [6, 6.07) is 12.0. The number of anilines is 1. The number of hydrogen-bond acceptors (Lipinski definition) is 3. The van der Waals surface area contributed by atoms with Gasteiger partial charge in [-0.1, -0.05) is 40.9 Å². The number of carbonyl (C=O) groups excluding carboxylic acids is 2. The highest BCUT2D eigenvalue weighted by Gasteiger charge is 2.42. The number of nitrogens with zero attached hydrogens (tertiary/aromatic N) is 2. The minimum Gasteiger partial charge on any atom is -0.332 e. The molecule has 1 amide bonds. The molecule has 0 bridgehead atoms. The van der Waals surface area contributed by atoms with E-state index in [0.29, 0.717) is 16.1 Å². The van der Waals surface area contributed by atoms with Crippen LogP contribution in [0.1, 0.15) is 27.2 Å². The standard InChI is InChI=1S/C24H16Cl2F3N3O2/c1-13-4-7-19-17(9-13)20(21(33)23(34)31-16-3-2-8-30-11-16)22(24(27,28)29)32(19)12-14-5-6-15(25)10-18(14)26/h2-11H,12H2,1H3,(H,31,34). The van der Waals surface area contributed by atoms with E-state index in [0.717, 1.165) is 4.57 Å². The van der Waals surface area contributed by atoms with Gasteiger partial charge in [-0.15, -0.1) is 0 Å². The number of hydrogen-bond donors (Lipinski definition) is 1. The second-order valence-electron chi connectivity index (χ2n) is 7.59. The lowest BCUT2D eigenvalue weighted by Gasteiger charge is -2.15. The molecule has 2 aromatic carbocycles. The van der Waals surface area contributed by atoms with Crippen LogP contribution >= 0.6 is 23.2 Å². The lowest BCUT2D eigenvalue weighted by atomic mass is 10.0. The van der Waals surface area contributed by atoms with E-state index in [1.54, 1.807) is 13.0 Å². The zero-order chi connectivity index (χ0) is 24.6. The Morgan fingerprint density at radius 2 is 1.85 bits per heavy atom. The Kier molecular flexibility index (Phi) is 6.38. The van der Waals surface area contributed by atoms with Crippen LogP contribution in [0.15, 0.2) is 60.9 Å². The second-order valence-corrected chi connectivity index (χ2v) is 8.43. The van der Waals surface area contributed by atoms with Gasteiger partial charge in [0.1, 0.15) is 5.69 Å². The number of Topliss-reactive ketones (excluding diaryl/α,β-unsaturated/α-hetero) is 1. The number of ketones is 1. The summed E-state index contributed by atoms with van der Waals surface area (Å²) in [6.07, 6.45) is -2.20. The van der Waals surface area contributed by atoms with Crippen molar-refractivity contribution in [2.75, 3.05) is 5.32 Å². The first-order chi connectivity index (χ1) is 16.1. The highest BCUT2D eigenvalue weighted by molar-refractivity contribution is 6.48. The third kappa shape index (κ3) is 4.64. The summed E-state index contributed by atoms with van der Waals surface area (Å²) in [4.78, 5) is 29.6. The number of rotatable bonds is 5. The maximum atomic E-state index is 14.4. The van der Waals surface area contributed by atoms with Crippen molar-refractivity contribution in [2.24, 2.45) is 0 Å². The molecule has 34 heavy (non-hydrogen) atoms. The number of halogens is 5. The van der Waals surface area contributed by atoms with E-state index in [1.807, 2.05) is 0 Å². The van der Waals surface area contributed by atoms with E-state index in [2.05, 4.69) is 10.3 Å². The summed E-state index contributed by atoms with van der Waals surface area (Å²) >= 11 is 12.1. The normalized spacial score (nSPS) is 11.6. The van der Waals surface area contributed by atoms with Gasteiger partial charge in [0.25, 0.3) is 11.7 Å². The molecule has 4 aromatic rings. The molecule has 0 aliphatic heterocycles. The molecule has 0 unspecified atom stereocenters. The first kappa shape index (κ1) is 23.8. The molecule has 4 rings (SSSR count). The summed E-state index contributed by atoms with van der Waals surface area (Å²) in [6.45, 7) is 1.39. The van der Waals surface area contributed by atoms with Gasteiger partial charge in [0.05, 0.1) is 17.4 Å². The number of aromatic nitrogens is 2. The maximum absolute atomic E-state index is 14.4. The van der Waals surface area contributed by atoms with Crippen molar-refractivity contribution in [2.45, 2.75) is 19.6 Å². The number of amides is 1. The zero-order valence-corrected chi connectivity index (χ0v) is 19.1. The molecule has 0 aliphatic carbocycles. The van der Waals surface area contributed by atoms with Crippen LogP contribution in [-0.4, -0.2) is 21.2 Å². The molecular weight excluding hydrogens is 490 g/mol. The molecule has 0 aliphatic rings. The molecule has 2 aromatic heterocycles. The third-order valence-electron chi connectivity index (χ3n) is 5.18. The van der Waals surface area contributed by atoms with Gasteiger partial charge in [-0.25, -0.2) is 0 Å². The molecule has 2 heterocycles. The molecule has 0 fully saturated rings. The number of pyridine rings is 1. The predicted octanol–water partition coefficient (Wildman–Crippen LogP) is 6.54. The molecule has 0 saturated carbocycles. The molecule has 1 N–H and O–H groups in total. The van der Waals surface area contributed by atoms with Gasteiger partial charge >= 0.3 is 6.18 Å². The fourth-order valence-electron chi connectivity index (χ4n) is 3.72. The van der Waals surface area contributed by atoms with Gasteiger partial charge < -0.3 is 9.88 Å². The van der Waals surface area contributed by atoms with Crippen molar-refractivity contribution in [3.05, 3.63) is 93.4 Å². The Bertz CT molecular complexity index is 1420. The van der Waals surface area contributed by atoms with Crippen LogP contribution < -0.4 is 5.32 Å². The Morgan fingerprint density at radius 1 is 1.09 bits per heavy atom. The number of carbonyl (C=O) groups is 2. The molecule has 0 atom stereocenters. The fraction of sp³-hybridized carbons (Fsp3) is 0.125. The lowest BCUT2D eigenvalue weighted by molar-refractivity contribution is -0.143. The van der Waals surface area contributed by atoms with Gasteiger partial charge in [0.2, 0.25) is 0 Å². The first-order valence-corrected chi connectivity index (χ1v) is 10.7. The molecule has 5 nitrogen and oxygen atoms in total. The monoisotopic (exact) mass is 505 g/mol. The van der Waals surface area contributed by atoms with E-state index >= 15 is 0 Å². The quantitative estimate of drug-likeness (QED) is 0.247. The zero-order valence-electron chi connectivity index (χ0n) is 17.6. The van der Waals surface area contributed by atoms with Gasteiger partial charge in [0, 0.05) is 33.7 Å². The fourth-order valence-corrected chi connectivity index (χ4v) is 4.18. The average molecular weight is 506 g/mol. The summed E-state index contributed by atoms with van der Waals surface area (Å²) in [5.74, 6) is -2.52. The highest BCUT2D eigenvalue weighted by atomic mass is 35.5. The van der Waals surface area contributed by atoms with E-state index in [1.165, 1.54) is 54.9 Å². The maximum Gasteiger partial charge on any atom is 0.432 e. The van der Waals surface area contributed by atoms with Gasteiger partial charge in [-0.05, 0) is 48.9 Å². The van der Waals surface area contributed by atoms with Crippen LogP contribution in [0, 0.1) is 6.92 Å². The smallest absolute Gasteiger partial charge is 0.332 e. The average Bonchev–Trinajstić information content (AvgIpc) is 3.09. The largest absolute Gasteiger partial charge is 0.432 e. The number of fused-ring (bicyclic) bond motifs is 1. The molecule has 0 radical (unpaired) electrons. The van der Waals surface area contributed by atoms with Crippen LogP contribution in [0.2, 0.25) is 10.0 Å². The van der Waals surface area contributed by atoms with Crippen LogP contribution in [0.4, 0.5) is 18.9 Å². The number of nitrogens with one attached hydrogen (secondary N) is 1. The predicted molar refractivity (Wildman–Crippen MR) is 124 cm³/mol. The second kappa shape index (κ2) is 9.12. The lowest BCUT2D eigenvalue weighted by Crippen LogP contribution is -2.26. The van der Waals surface area contributed by atoms with Crippen molar-refractivity contribution < 1.29 is 22.8 Å². The van der Waals surface area contributed by atoms with E-state index in [4.69, 9.17) is 23.2 Å². The minimum atomic E-state index is -4.94. The Labute approximate surface area is 202 Å². The summed E-state index contributed by atoms with van der Waals surface area (Å²) in [5, 5.41) is 2.84. The van der Waals surface area contributed by atoms with E-state index in [9.17, 15) is 22.8 Å². The van der Waals surface area contributed by atoms with Crippen LogP contribution in [-0.2, 0) is 17.5 Å². The van der Waals surface area contributed by atoms with E-state index in [-0.39, 0.29) is 28.2 Å². The first-order valence-electron chi connectivity index (χ1n) is 9.96. The van der Waals surface area contributed by atoms with Crippen molar-refractivity contribution in [1.29, 1.82) is 0 Å². The minimum absolute atomic E-state index is 0.0174. The molecular formula is C24H16Cl2F3N3O2. The summed E-state index contributed by atoms with van der Waals surface area (Å²) in [5.41, 5.74) is -0.635. The summed E-state index contributed by atoms with van der Waals surface area (Å²) < 4.78 is 44.1.